The van der Waals surface area contributed by atoms with Crippen molar-refractivity contribution < 1.29 is 13.2 Å². The number of thiocyanates is 1. The molecule has 1 aliphatic carbocycles. The van der Waals surface area contributed by atoms with E-state index in [0.29, 0.717) is 10.9 Å². The van der Waals surface area contributed by atoms with Gasteiger partial charge in [0.2, 0.25) is 0 Å². The maximum absolute atomic E-state index is 13.1. The van der Waals surface area contributed by atoms with Crippen molar-refractivity contribution in [1.29, 1.82) is 5.26 Å². The fourth-order valence-electron chi connectivity index (χ4n) is 3.72. The van der Waals surface area contributed by atoms with Gasteiger partial charge in [-0.05, 0) is 30.0 Å². The minimum Gasteiger partial charge on any atom is -0.299 e. The number of nitrogens with zero attached hydrogens (tertiary/aromatic N) is 2. The molecule has 1 fully saturated rings. The van der Waals surface area contributed by atoms with Gasteiger partial charge >= 0.3 is 0 Å². The molecule has 0 bridgehead atoms. The van der Waals surface area contributed by atoms with E-state index in [1.165, 1.54) is 30.4 Å². The molecular formula is C20H22N2O3S3. The molecule has 0 unspecified atom stereocenters. The van der Waals surface area contributed by atoms with Crippen LogP contribution in [-0.4, -0.2) is 25.4 Å². The Morgan fingerprint density at radius 1 is 1.32 bits per heavy atom. The first-order valence-electron chi connectivity index (χ1n) is 9.20. The van der Waals surface area contributed by atoms with Gasteiger partial charge in [0.25, 0.3) is 0 Å². The van der Waals surface area contributed by atoms with Crippen molar-refractivity contribution in [3.8, 4) is 5.40 Å². The van der Waals surface area contributed by atoms with E-state index in [0.717, 1.165) is 40.8 Å². The van der Waals surface area contributed by atoms with Crippen LogP contribution < -0.4 is 0 Å². The summed E-state index contributed by atoms with van der Waals surface area (Å²) in [7, 11) is -3.26. The third-order valence-corrected chi connectivity index (χ3v) is 7.97. The minimum atomic E-state index is -3.26. The number of hydrogen-bond donors (Lipinski definition) is 0. The first kappa shape index (κ1) is 21.0. The first-order valence-corrected chi connectivity index (χ1v) is 12.7. The first-order chi connectivity index (χ1) is 13.4. The van der Waals surface area contributed by atoms with Crippen LogP contribution in [0.5, 0.6) is 0 Å². The molecule has 1 aromatic heterocycles. The number of aromatic nitrogens is 1. The average Bonchev–Trinajstić information content (AvgIpc) is 3.31. The Morgan fingerprint density at radius 2 is 2.00 bits per heavy atom. The summed E-state index contributed by atoms with van der Waals surface area (Å²) in [4.78, 5) is 17.7. The standard InChI is InChI=1S/C20H22N2O3S3/c1-28(24,25)16-8-6-15(7-9-16)17(10-14-4-2-3-5-14)18(23)11-19-22-12-20(27-19)26-13-21/h6-9,12,14,17H,2-5,10-11H2,1H3/t17-/m1/s1. The van der Waals surface area contributed by atoms with E-state index in [4.69, 9.17) is 5.26 Å². The summed E-state index contributed by atoms with van der Waals surface area (Å²) in [6.07, 6.45) is 8.55. The number of rotatable bonds is 8. The van der Waals surface area contributed by atoms with Gasteiger partial charge in [-0.3, -0.25) is 4.79 Å². The highest BCUT2D eigenvalue weighted by Crippen LogP contribution is 2.36. The molecule has 1 saturated carbocycles. The predicted octanol–water partition coefficient (Wildman–Crippen LogP) is 4.60. The summed E-state index contributed by atoms with van der Waals surface area (Å²) in [5, 5.41) is 11.5. The molecule has 1 aromatic carbocycles. The molecule has 0 spiro atoms. The molecular weight excluding hydrogens is 412 g/mol. The van der Waals surface area contributed by atoms with Gasteiger partial charge in [-0.2, -0.15) is 5.26 Å². The second kappa shape index (κ2) is 9.21. The third kappa shape index (κ3) is 5.43. The second-order valence-electron chi connectivity index (χ2n) is 7.19. The van der Waals surface area contributed by atoms with Crippen LogP contribution in [0.2, 0.25) is 0 Å². The van der Waals surface area contributed by atoms with Crippen molar-refractivity contribution in [2.45, 2.75) is 53.5 Å². The van der Waals surface area contributed by atoms with E-state index in [9.17, 15) is 13.2 Å². The number of benzene rings is 1. The van der Waals surface area contributed by atoms with E-state index in [-0.39, 0.29) is 23.0 Å². The lowest BCUT2D eigenvalue weighted by Gasteiger charge is -2.20. The number of thiazole rings is 1. The van der Waals surface area contributed by atoms with Crippen molar-refractivity contribution in [2.75, 3.05) is 6.26 Å². The van der Waals surface area contributed by atoms with E-state index < -0.39 is 9.84 Å². The van der Waals surface area contributed by atoms with Crippen molar-refractivity contribution >= 4 is 38.7 Å². The van der Waals surface area contributed by atoms with Gasteiger partial charge in [0, 0.05) is 23.9 Å². The highest BCUT2D eigenvalue weighted by molar-refractivity contribution is 8.05. The van der Waals surface area contributed by atoms with E-state index in [1.807, 2.05) is 5.40 Å². The third-order valence-electron chi connectivity index (χ3n) is 5.15. The summed E-state index contributed by atoms with van der Waals surface area (Å²) in [6.45, 7) is 0. The maximum atomic E-state index is 13.1. The minimum absolute atomic E-state index is 0.0989. The summed E-state index contributed by atoms with van der Waals surface area (Å²) in [6, 6.07) is 6.72. The van der Waals surface area contributed by atoms with Gasteiger partial charge in [-0.15, -0.1) is 11.3 Å². The molecule has 0 amide bonds. The predicted molar refractivity (Wildman–Crippen MR) is 111 cm³/mol. The Kier molecular flexibility index (Phi) is 6.91. The Balaban J connectivity index is 1.81. The van der Waals surface area contributed by atoms with Gasteiger partial charge in [-0.25, -0.2) is 13.4 Å². The van der Waals surface area contributed by atoms with Crippen LogP contribution in [0.3, 0.4) is 0 Å². The quantitative estimate of drug-likeness (QED) is 0.446. The zero-order valence-corrected chi connectivity index (χ0v) is 18.1. The summed E-state index contributed by atoms with van der Waals surface area (Å²) in [5.41, 5.74) is 0.868. The number of hydrogen-bond acceptors (Lipinski definition) is 7. The molecule has 0 aliphatic heterocycles. The molecule has 2 aromatic rings. The number of Topliss-reactive ketones (excluding diaryl/α,β-unsaturated/α-hetero) is 1. The highest BCUT2D eigenvalue weighted by atomic mass is 32.2. The van der Waals surface area contributed by atoms with Crippen LogP contribution in [0.4, 0.5) is 0 Å². The van der Waals surface area contributed by atoms with Crippen molar-refractivity contribution in [3.05, 3.63) is 41.0 Å². The van der Waals surface area contributed by atoms with Crippen LogP contribution >= 0.6 is 23.1 Å². The lowest BCUT2D eigenvalue weighted by atomic mass is 9.84. The van der Waals surface area contributed by atoms with Gasteiger partial charge in [0.15, 0.2) is 9.84 Å². The zero-order valence-electron chi connectivity index (χ0n) is 15.6. The van der Waals surface area contributed by atoms with Gasteiger partial charge in [-0.1, -0.05) is 37.8 Å². The Morgan fingerprint density at radius 3 is 2.61 bits per heavy atom. The average molecular weight is 435 g/mol. The monoisotopic (exact) mass is 434 g/mol. The van der Waals surface area contributed by atoms with Crippen LogP contribution in [0.25, 0.3) is 0 Å². The molecule has 8 heteroatoms. The molecule has 1 heterocycles. The van der Waals surface area contributed by atoms with Crippen molar-refractivity contribution in [2.24, 2.45) is 5.92 Å². The number of sulfone groups is 1. The number of carbonyl (C=O) groups excluding carboxylic acids is 1. The summed E-state index contributed by atoms with van der Waals surface area (Å²) < 4.78 is 24.2. The van der Waals surface area contributed by atoms with E-state index in [2.05, 4.69) is 4.98 Å². The van der Waals surface area contributed by atoms with Crippen molar-refractivity contribution in [1.82, 2.24) is 4.98 Å². The molecule has 0 saturated heterocycles. The molecule has 0 radical (unpaired) electrons. The Bertz CT molecular complexity index is 969. The Hall–Kier alpha value is -1.69. The van der Waals surface area contributed by atoms with Crippen LogP contribution in [0, 0.1) is 16.6 Å². The SMILES string of the molecule is CS(=O)(=O)c1ccc([C@@H](CC2CCCC2)C(=O)Cc2ncc(SC#N)s2)cc1. The van der Waals surface area contributed by atoms with Crippen LogP contribution in [0.1, 0.15) is 48.6 Å². The number of ketones is 1. The normalized spacial score (nSPS) is 16.0. The van der Waals surface area contributed by atoms with E-state index >= 15 is 0 Å². The molecule has 1 atom stereocenters. The number of thioether (sulfide) groups is 1. The Labute approximate surface area is 174 Å². The molecule has 5 nitrogen and oxygen atoms in total. The topological polar surface area (TPSA) is 87.9 Å². The molecule has 148 valence electrons. The van der Waals surface area contributed by atoms with Gasteiger partial charge < -0.3 is 0 Å². The fourth-order valence-corrected chi connectivity index (χ4v) is 5.77. The van der Waals surface area contributed by atoms with E-state index in [1.54, 1.807) is 30.5 Å². The zero-order chi connectivity index (χ0) is 20.1. The second-order valence-corrected chi connectivity index (χ2v) is 11.4. The van der Waals surface area contributed by atoms with Gasteiger partial charge in [0.05, 0.1) is 21.7 Å². The highest BCUT2D eigenvalue weighted by Gasteiger charge is 2.27. The fraction of sp³-hybridized carbons (Fsp3) is 0.450. The lowest BCUT2D eigenvalue weighted by molar-refractivity contribution is -0.120. The molecule has 3 rings (SSSR count). The van der Waals surface area contributed by atoms with Gasteiger partial charge in [0.1, 0.15) is 16.2 Å². The summed E-state index contributed by atoms with van der Waals surface area (Å²) >= 11 is 2.43. The summed E-state index contributed by atoms with van der Waals surface area (Å²) in [5.74, 6) is 0.374. The molecule has 1 aliphatic rings. The number of nitriles is 1. The van der Waals surface area contributed by atoms with Crippen LogP contribution in [0.15, 0.2) is 39.6 Å². The maximum Gasteiger partial charge on any atom is 0.175 e. The smallest absolute Gasteiger partial charge is 0.175 e. The largest absolute Gasteiger partial charge is 0.299 e. The van der Waals surface area contributed by atoms with Crippen molar-refractivity contribution in [3.63, 3.8) is 0 Å². The lowest BCUT2D eigenvalue weighted by Crippen LogP contribution is -2.18. The number of carbonyl (C=O) groups is 1. The van der Waals surface area contributed by atoms with Crippen LogP contribution in [-0.2, 0) is 21.1 Å². The molecule has 28 heavy (non-hydrogen) atoms. The molecule has 0 N–H and O–H groups in total.